The number of hydrogen-bond donors (Lipinski definition) is 2. The second kappa shape index (κ2) is 6.61. The number of carbonyl (C=O) groups is 2. The van der Waals surface area contributed by atoms with E-state index in [-0.39, 0.29) is 6.04 Å². The van der Waals surface area contributed by atoms with Gasteiger partial charge in [0.15, 0.2) is 0 Å². The first-order valence-corrected chi connectivity index (χ1v) is 6.04. The molecule has 1 rings (SSSR count). The van der Waals surface area contributed by atoms with Gasteiger partial charge >= 0.3 is 18.0 Å². The van der Waals surface area contributed by atoms with Crippen molar-refractivity contribution >= 4 is 11.8 Å². The number of carbonyl (C=O) groups excluding carboxylic acids is 2. The third-order valence-corrected chi connectivity index (χ3v) is 2.85. The summed E-state index contributed by atoms with van der Waals surface area (Å²) in [6.07, 6.45) is 1.17. The summed E-state index contributed by atoms with van der Waals surface area (Å²) in [6, 6.07) is -0.100. The van der Waals surface area contributed by atoms with Crippen LogP contribution in [0.25, 0.3) is 0 Å². The van der Waals surface area contributed by atoms with Gasteiger partial charge in [-0.1, -0.05) is 25.7 Å². The molecule has 7 heteroatoms. The minimum Gasteiger partial charge on any atom is -0.345 e. The summed E-state index contributed by atoms with van der Waals surface area (Å²) in [5.41, 5.74) is 0. The highest BCUT2D eigenvalue weighted by Gasteiger charge is 2.29. The van der Waals surface area contributed by atoms with Gasteiger partial charge in [-0.3, -0.25) is 9.59 Å². The van der Waals surface area contributed by atoms with Gasteiger partial charge in [0.2, 0.25) is 0 Å². The van der Waals surface area contributed by atoms with Gasteiger partial charge in [0.1, 0.15) is 6.54 Å². The van der Waals surface area contributed by atoms with E-state index < -0.39 is 24.5 Å². The molecule has 4 nitrogen and oxygen atoms in total. The predicted molar refractivity (Wildman–Crippen MR) is 58.7 cm³/mol. The normalized spacial score (nSPS) is 17.9. The summed E-state index contributed by atoms with van der Waals surface area (Å²) in [6.45, 7) is -1.48. The first-order chi connectivity index (χ1) is 8.38. The van der Waals surface area contributed by atoms with Crippen molar-refractivity contribution in [3.8, 4) is 0 Å². The Morgan fingerprint density at radius 1 is 1.00 bits per heavy atom. The zero-order valence-electron chi connectivity index (χ0n) is 9.98. The average molecular weight is 266 g/mol. The molecule has 0 bridgehead atoms. The zero-order valence-corrected chi connectivity index (χ0v) is 9.98. The molecule has 0 unspecified atom stereocenters. The molecule has 0 radical (unpaired) electrons. The molecule has 0 spiro atoms. The predicted octanol–water partition coefficient (Wildman–Crippen LogP) is 1.50. The van der Waals surface area contributed by atoms with Gasteiger partial charge in [0.05, 0.1) is 0 Å². The summed E-state index contributed by atoms with van der Waals surface area (Å²) in [4.78, 5) is 22.5. The maximum absolute atomic E-state index is 11.8. The fourth-order valence-corrected chi connectivity index (χ4v) is 1.94. The van der Waals surface area contributed by atoms with Crippen molar-refractivity contribution in [3.63, 3.8) is 0 Å². The molecule has 1 aliphatic carbocycles. The van der Waals surface area contributed by atoms with E-state index in [1.54, 1.807) is 5.32 Å². The Bertz CT molecular complexity index is 297. The standard InChI is InChI=1S/C11H17F3N2O2/c12-11(13,14)7-15-9(17)10(18)16-8-5-3-1-2-4-6-8/h8H,1-7H2,(H,15,17)(H,16,18). The lowest BCUT2D eigenvalue weighted by Gasteiger charge is -2.16. The lowest BCUT2D eigenvalue weighted by Crippen LogP contribution is -2.46. The third kappa shape index (κ3) is 5.88. The fraction of sp³-hybridized carbons (Fsp3) is 0.818. The summed E-state index contributed by atoms with van der Waals surface area (Å²) < 4.78 is 35.5. The molecule has 1 aliphatic rings. The maximum atomic E-state index is 11.8. The van der Waals surface area contributed by atoms with Crippen LogP contribution in [0.15, 0.2) is 0 Å². The highest BCUT2D eigenvalue weighted by atomic mass is 19.4. The maximum Gasteiger partial charge on any atom is 0.405 e. The second-order valence-electron chi connectivity index (χ2n) is 4.46. The topological polar surface area (TPSA) is 58.2 Å². The van der Waals surface area contributed by atoms with Crippen molar-refractivity contribution in [3.05, 3.63) is 0 Å². The number of alkyl halides is 3. The highest BCUT2D eigenvalue weighted by Crippen LogP contribution is 2.17. The quantitative estimate of drug-likeness (QED) is 0.588. The van der Waals surface area contributed by atoms with Gasteiger partial charge in [-0.05, 0) is 12.8 Å². The van der Waals surface area contributed by atoms with Crippen LogP contribution in [0.2, 0.25) is 0 Å². The van der Waals surface area contributed by atoms with Gasteiger partial charge < -0.3 is 10.6 Å². The van der Waals surface area contributed by atoms with Gasteiger partial charge in [-0.25, -0.2) is 0 Å². The Balaban J connectivity index is 2.32. The van der Waals surface area contributed by atoms with Gasteiger partial charge in [0.25, 0.3) is 0 Å². The summed E-state index contributed by atoms with van der Waals surface area (Å²) in [5.74, 6) is -2.21. The molecular formula is C11H17F3N2O2. The minimum absolute atomic E-state index is 0.100. The van der Waals surface area contributed by atoms with E-state index in [1.165, 1.54) is 0 Å². The van der Waals surface area contributed by atoms with E-state index in [9.17, 15) is 22.8 Å². The van der Waals surface area contributed by atoms with Crippen LogP contribution in [-0.2, 0) is 9.59 Å². The molecule has 104 valence electrons. The van der Waals surface area contributed by atoms with Crippen LogP contribution in [-0.4, -0.2) is 30.6 Å². The number of rotatable bonds is 2. The van der Waals surface area contributed by atoms with E-state index >= 15 is 0 Å². The molecule has 0 heterocycles. The van der Waals surface area contributed by atoms with Crippen molar-refractivity contribution in [2.24, 2.45) is 0 Å². The first-order valence-electron chi connectivity index (χ1n) is 6.04. The molecule has 0 aliphatic heterocycles. The Kier molecular flexibility index (Phi) is 5.43. The Labute approximate surface area is 103 Å². The summed E-state index contributed by atoms with van der Waals surface area (Å²) in [5, 5.41) is 4.03. The first kappa shape index (κ1) is 14.8. The van der Waals surface area contributed by atoms with Gasteiger partial charge in [0, 0.05) is 6.04 Å². The molecule has 1 saturated carbocycles. The molecule has 0 aromatic rings. The summed E-state index contributed by atoms with van der Waals surface area (Å²) in [7, 11) is 0. The molecule has 18 heavy (non-hydrogen) atoms. The largest absolute Gasteiger partial charge is 0.405 e. The van der Waals surface area contributed by atoms with E-state index in [0.717, 1.165) is 38.5 Å². The van der Waals surface area contributed by atoms with Gasteiger partial charge in [-0.2, -0.15) is 13.2 Å². The van der Waals surface area contributed by atoms with E-state index in [0.29, 0.717) is 0 Å². The van der Waals surface area contributed by atoms with Crippen molar-refractivity contribution < 1.29 is 22.8 Å². The molecule has 0 aromatic carbocycles. The molecule has 0 aromatic heterocycles. The number of amides is 2. The molecule has 0 saturated heterocycles. The average Bonchev–Trinajstić information content (AvgIpc) is 2.53. The highest BCUT2D eigenvalue weighted by molar-refractivity contribution is 6.35. The van der Waals surface area contributed by atoms with Crippen molar-refractivity contribution in [1.29, 1.82) is 0 Å². The van der Waals surface area contributed by atoms with Gasteiger partial charge in [-0.15, -0.1) is 0 Å². The minimum atomic E-state index is -4.50. The number of nitrogens with one attached hydrogen (secondary N) is 2. The Hall–Kier alpha value is -1.27. The zero-order chi connectivity index (χ0) is 13.6. The van der Waals surface area contributed by atoms with Crippen LogP contribution in [0, 0.1) is 0 Å². The Morgan fingerprint density at radius 2 is 1.56 bits per heavy atom. The van der Waals surface area contributed by atoms with Crippen LogP contribution in [0.1, 0.15) is 38.5 Å². The molecule has 0 atom stereocenters. The lowest BCUT2D eigenvalue weighted by molar-refractivity contribution is -0.146. The fourth-order valence-electron chi connectivity index (χ4n) is 1.94. The van der Waals surface area contributed by atoms with Crippen LogP contribution in [0.4, 0.5) is 13.2 Å². The number of halogens is 3. The molecule has 2 amide bonds. The SMILES string of the molecule is O=C(NCC(F)(F)F)C(=O)NC1CCCCCC1. The van der Waals surface area contributed by atoms with Crippen molar-refractivity contribution in [1.82, 2.24) is 10.6 Å². The third-order valence-electron chi connectivity index (χ3n) is 2.85. The monoisotopic (exact) mass is 266 g/mol. The van der Waals surface area contributed by atoms with Crippen LogP contribution >= 0.6 is 0 Å². The Morgan fingerprint density at radius 3 is 2.06 bits per heavy atom. The molecule has 1 fully saturated rings. The second-order valence-corrected chi connectivity index (χ2v) is 4.46. The smallest absolute Gasteiger partial charge is 0.345 e. The van der Waals surface area contributed by atoms with Crippen molar-refractivity contribution in [2.75, 3.05) is 6.54 Å². The van der Waals surface area contributed by atoms with Crippen LogP contribution in [0.5, 0.6) is 0 Å². The van der Waals surface area contributed by atoms with Crippen molar-refractivity contribution in [2.45, 2.75) is 50.7 Å². The van der Waals surface area contributed by atoms with E-state index in [1.807, 2.05) is 0 Å². The summed E-state index contributed by atoms with van der Waals surface area (Å²) >= 11 is 0. The van der Waals surface area contributed by atoms with Crippen LogP contribution in [0.3, 0.4) is 0 Å². The molecule has 2 N–H and O–H groups in total. The van der Waals surface area contributed by atoms with E-state index in [4.69, 9.17) is 0 Å². The number of hydrogen-bond acceptors (Lipinski definition) is 2. The van der Waals surface area contributed by atoms with Crippen LogP contribution < -0.4 is 10.6 Å². The van der Waals surface area contributed by atoms with E-state index in [2.05, 4.69) is 5.32 Å². The molecular weight excluding hydrogens is 249 g/mol. The lowest BCUT2D eigenvalue weighted by atomic mass is 10.1.